The Hall–Kier alpha value is -3.67. The predicted molar refractivity (Wildman–Crippen MR) is 108 cm³/mol. The molecule has 2 aliphatic rings. The van der Waals surface area contributed by atoms with E-state index in [2.05, 4.69) is 0 Å². The number of hydrogen-bond acceptors (Lipinski definition) is 10. The molecule has 1 saturated heterocycles. The van der Waals surface area contributed by atoms with Gasteiger partial charge in [-0.2, -0.15) is 0 Å². The van der Waals surface area contributed by atoms with E-state index >= 15 is 0 Å². The van der Waals surface area contributed by atoms with Gasteiger partial charge in [0.05, 0.1) is 41.6 Å². The zero-order valence-corrected chi connectivity index (χ0v) is 17.2. The van der Waals surface area contributed by atoms with Crippen molar-refractivity contribution in [2.45, 2.75) is 38.1 Å². The van der Waals surface area contributed by atoms with Crippen molar-refractivity contribution >= 4 is 17.5 Å². The fraction of sp³-hybridized carbons (Fsp3) is 0.318. The maximum absolute atomic E-state index is 13.4. The van der Waals surface area contributed by atoms with Gasteiger partial charge < -0.3 is 40.5 Å². The van der Waals surface area contributed by atoms with E-state index in [1.54, 1.807) is 0 Å². The van der Waals surface area contributed by atoms with E-state index < -0.39 is 93.3 Å². The van der Waals surface area contributed by atoms with Gasteiger partial charge in [-0.1, -0.05) is 0 Å². The molecule has 1 fully saturated rings. The topological polar surface area (TPSA) is 202 Å². The molecular formula is C22H20O11. The van der Waals surface area contributed by atoms with Gasteiger partial charge in [0.15, 0.2) is 23.1 Å². The third-order valence-electron chi connectivity index (χ3n) is 6.06. The highest BCUT2D eigenvalue weighted by Gasteiger charge is 2.43. The summed E-state index contributed by atoms with van der Waals surface area (Å²) in [7, 11) is 0. The molecule has 0 radical (unpaired) electrons. The highest BCUT2D eigenvalue weighted by molar-refractivity contribution is 6.31. The van der Waals surface area contributed by atoms with Crippen molar-refractivity contribution in [1.29, 1.82) is 0 Å². The number of rotatable bonds is 3. The third-order valence-corrected chi connectivity index (χ3v) is 6.06. The van der Waals surface area contributed by atoms with Crippen molar-refractivity contribution in [1.82, 2.24) is 0 Å². The van der Waals surface area contributed by atoms with Gasteiger partial charge in [-0.15, -0.1) is 0 Å². The molecule has 11 heteroatoms. The number of carboxylic acid groups (broad SMARTS) is 1. The summed E-state index contributed by atoms with van der Waals surface area (Å²) in [5, 5.41) is 71.1. The molecule has 2 aromatic carbocycles. The maximum atomic E-state index is 13.4. The van der Waals surface area contributed by atoms with Crippen LogP contribution in [0.25, 0.3) is 0 Å². The maximum Gasteiger partial charge on any atom is 0.339 e. The first kappa shape index (κ1) is 22.5. The number of ether oxygens (including phenoxy) is 1. The molecule has 2 aromatic rings. The number of phenols is 4. The number of aliphatic hydroxyl groups is 2. The highest BCUT2D eigenvalue weighted by atomic mass is 16.5. The molecule has 1 aliphatic heterocycles. The zero-order chi connectivity index (χ0) is 24.4. The summed E-state index contributed by atoms with van der Waals surface area (Å²) in [6.07, 6.45) is -3.14. The number of carboxylic acids is 1. The van der Waals surface area contributed by atoms with Crippen LogP contribution in [0.1, 0.15) is 72.3 Å². The summed E-state index contributed by atoms with van der Waals surface area (Å²) in [5.74, 6) is -7.21. The van der Waals surface area contributed by atoms with E-state index in [-0.39, 0.29) is 24.0 Å². The molecule has 0 aromatic heterocycles. The monoisotopic (exact) mass is 460 g/mol. The second-order valence-corrected chi connectivity index (χ2v) is 8.05. The molecule has 0 spiro atoms. The van der Waals surface area contributed by atoms with Gasteiger partial charge in [0.1, 0.15) is 17.1 Å². The summed E-state index contributed by atoms with van der Waals surface area (Å²) in [5.41, 5.74) is -3.46. The molecule has 7 N–H and O–H groups in total. The molecule has 4 rings (SSSR count). The highest BCUT2D eigenvalue weighted by Crippen LogP contribution is 2.51. The normalized spacial score (nSPS) is 22.1. The lowest BCUT2D eigenvalue weighted by molar-refractivity contribution is -0.114. The second kappa shape index (κ2) is 7.73. The molecule has 174 valence electrons. The van der Waals surface area contributed by atoms with Gasteiger partial charge in [-0.25, -0.2) is 4.79 Å². The number of hydrogen-bond donors (Lipinski definition) is 7. The number of aromatic carboxylic acids is 1. The van der Waals surface area contributed by atoms with Gasteiger partial charge in [-0.3, -0.25) is 9.59 Å². The Labute approximate surface area is 185 Å². The predicted octanol–water partition coefficient (Wildman–Crippen LogP) is 0.864. The standard InChI is InChI=1S/C22H20O11/c1-6-12-9(4-10(25)13(6)22(31)32)17(26)15-16(18(12)27)19(28)14(20(29)21(15)30)11-3-7(24)2-8(5-23)33-11/h4,7-8,11,23-25,28-30H,2-3,5H2,1H3,(H,31,32)/t7?,8-,11+/m0/s1. The van der Waals surface area contributed by atoms with E-state index in [4.69, 9.17) is 4.74 Å². The number of phenolic OH excluding ortho intramolecular Hbond substituents is 3. The molecule has 0 amide bonds. The largest absolute Gasteiger partial charge is 0.507 e. The number of carbonyl (C=O) groups excluding carboxylic acids is 2. The fourth-order valence-electron chi connectivity index (χ4n) is 4.57. The minimum absolute atomic E-state index is 0.0802. The summed E-state index contributed by atoms with van der Waals surface area (Å²) >= 11 is 0. The summed E-state index contributed by atoms with van der Waals surface area (Å²) in [6.45, 7) is 0.736. The first-order chi connectivity index (χ1) is 15.5. The SMILES string of the molecule is Cc1c(C(=O)O)c(O)cc2c1C(=O)c1c(O)c([C@H]3CC(O)C[C@@H](CO)O3)c(O)c(O)c1C2=O. The number of fused-ring (bicyclic) bond motifs is 2. The van der Waals surface area contributed by atoms with Crippen molar-refractivity contribution in [3.05, 3.63) is 45.0 Å². The van der Waals surface area contributed by atoms with Crippen molar-refractivity contribution in [3.8, 4) is 23.0 Å². The van der Waals surface area contributed by atoms with E-state index in [9.17, 15) is 50.1 Å². The zero-order valence-electron chi connectivity index (χ0n) is 17.2. The minimum atomic E-state index is -1.54. The molecule has 1 heterocycles. The van der Waals surface area contributed by atoms with Gasteiger partial charge in [0, 0.05) is 24.0 Å². The van der Waals surface area contributed by atoms with Crippen molar-refractivity contribution in [2.24, 2.45) is 0 Å². The van der Waals surface area contributed by atoms with Crippen LogP contribution in [0, 0.1) is 6.92 Å². The van der Waals surface area contributed by atoms with Crippen molar-refractivity contribution in [3.63, 3.8) is 0 Å². The summed E-state index contributed by atoms with van der Waals surface area (Å²) < 4.78 is 5.57. The molecular weight excluding hydrogens is 440 g/mol. The van der Waals surface area contributed by atoms with Crippen LogP contribution >= 0.6 is 0 Å². The third kappa shape index (κ3) is 3.20. The van der Waals surface area contributed by atoms with Crippen molar-refractivity contribution in [2.75, 3.05) is 6.61 Å². The van der Waals surface area contributed by atoms with Crippen LogP contribution in [-0.4, -0.2) is 72.1 Å². The van der Waals surface area contributed by atoms with Gasteiger partial charge in [-0.05, 0) is 18.6 Å². The van der Waals surface area contributed by atoms with Gasteiger partial charge in [0.25, 0.3) is 0 Å². The first-order valence-corrected chi connectivity index (χ1v) is 9.93. The Bertz CT molecular complexity index is 1230. The molecule has 33 heavy (non-hydrogen) atoms. The Balaban J connectivity index is 1.97. The van der Waals surface area contributed by atoms with Crippen LogP contribution in [-0.2, 0) is 4.74 Å². The lowest BCUT2D eigenvalue weighted by Gasteiger charge is -2.34. The Morgan fingerprint density at radius 2 is 1.64 bits per heavy atom. The number of ketones is 2. The first-order valence-electron chi connectivity index (χ1n) is 9.93. The summed E-state index contributed by atoms with van der Waals surface area (Å²) in [4.78, 5) is 38.0. The number of carbonyl (C=O) groups is 3. The van der Waals surface area contributed by atoms with Gasteiger partial charge >= 0.3 is 5.97 Å². The summed E-state index contributed by atoms with van der Waals surface area (Å²) in [6, 6.07) is 0.781. The van der Waals surface area contributed by atoms with Gasteiger partial charge in [0.2, 0.25) is 0 Å². The fourth-order valence-corrected chi connectivity index (χ4v) is 4.57. The lowest BCUT2D eigenvalue weighted by Crippen LogP contribution is -2.34. The molecule has 0 bridgehead atoms. The molecule has 3 atom stereocenters. The van der Waals surface area contributed by atoms with Crippen LogP contribution in [0.3, 0.4) is 0 Å². The van der Waals surface area contributed by atoms with Crippen LogP contribution in [0.15, 0.2) is 6.07 Å². The van der Waals surface area contributed by atoms with Crippen molar-refractivity contribution < 1.29 is 54.9 Å². The smallest absolute Gasteiger partial charge is 0.339 e. The van der Waals surface area contributed by atoms with E-state index in [1.807, 2.05) is 0 Å². The Morgan fingerprint density at radius 1 is 1.00 bits per heavy atom. The molecule has 11 nitrogen and oxygen atoms in total. The van der Waals surface area contributed by atoms with Crippen LogP contribution < -0.4 is 0 Å². The number of aliphatic hydroxyl groups excluding tert-OH is 2. The minimum Gasteiger partial charge on any atom is -0.507 e. The molecule has 0 saturated carbocycles. The van der Waals surface area contributed by atoms with Crippen LogP contribution in [0.5, 0.6) is 23.0 Å². The van der Waals surface area contributed by atoms with E-state index in [0.29, 0.717) is 0 Å². The van der Waals surface area contributed by atoms with Crippen LogP contribution in [0.2, 0.25) is 0 Å². The second-order valence-electron chi connectivity index (χ2n) is 8.05. The van der Waals surface area contributed by atoms with E-state index in [0.717, 1.165) is 6.07 Å². The average Bonchev–Trinajstić information content (AvgIpc) is 2.73. The number of benzene rings is 2. The lowest BCUT2D eigenvalue weighted by atomic mass is 9.78. The Morgan fingerprint density at radius 3 is 2.24 bits per heavy atom. The molecule has 1 unspecified atom stereocenters. The number of aromatic hydroxyl groups is 4. The Kier molecular flexibility index (Phi) is 5.27. The van der Waals surface area contributed by atoms with E-state index in [1.165, 1.54) is 6.92 Å². The average molecular weight is 460 g/mol. The quantitative estimate of drug-likeness (QED) is 0.216. The molecule has 1 aliphatic carbocycles. The van der Waals surface area contributed by atoms with Crippen LogP contribution in [0.4, 0.5) is 0 Å².